The Kier molecular flexibility index (Phi) is 3.86. The van der Waals surface area contributed by atoms with Gasteiger partial charge < -0.3 is 15.7 Å². The summed E-state index contributed by atoms with van der Waals surface area (Å²) in [5, 5.41) is 9.11. The number of carboxylic acids is 1. The fourth-order valence-corrected chi connectivity index (χ4v) is 2.43. The first-order valence-electron chi connectivity index (χ1n) is 5.66. The number of halogens is 2. The van der Waals surface area contributed by atoms with Gasteiger partial charge in [0.05, 0.1) is 15.7 Å². The fraction of sp³-hybridized carbons (Fsp3) is 0.333. The molecule has 0 saturated carbocycles. The van der Waals surface area contributed by atoms with Gasteiger partial charge in [-0.05, 0) is 40.5 Å². The topological polar surface area (TPSA) is 83.6 Å². The summed E-state index contributed by atoms with van der Waals surface area (Å²) in [6.45, 7) is 0.709. The lowest BCUT2D eigenvalue weighted by atomic mass is 10.1. The van der Waals surface area contributed by atoms with E-state index >= 15 is 0 Å². The number of benzene rings is 1. The maximum atomic E-state index is 13.4. The van der Waals surface area contributed by atoms with Gasteiger partial charge in [-0.15, -0.1) is 0 Å². The van der Waals surface area contributed by atoms with Crippen molar-refractivity contribution < 1.29 is 19.1 Å². The van der Waals surface area contributed by atoms with E-state index in [0.29, 0.717) is 13.1 Å². The quantitative estimate of drug-likeness (QED) is 0.881. The lowest BCUT2D eigenvalue weighted by Crippen LogP contribution is -2.27. The molecule has 1 fully saturated rings. The maximum Gasteiger partial charge on any atom is 0.337 e. The van der Waals surface area contributed by atoms with Crippen molar-refractivity contribution in [1.29, 1.82) is 0 Å². The van der Waals surface area contributed by atoms with Crippen LogP contribution in [-0.4, -0.2) is 30.1 Å². The van der Waals surface area contributed by atoms with E-state index in [1.807, 2.05) is 0 Å². The van der Waals surface area contributed by atoms with E-state index in [1.165, 1.54) is 11.0 Å². The van der Waals surface area contributed by atoms with Crippen LogP contribution in [0.5, 0.6) is 0 Å². The number of carboxylic acid groups (broad SMARTS) is 1. The minimum Gasteiger partial charge on any atom is -0.478 e. The Bertz CT molecular complexity index is 550. The zero-order valence-corrected chi connectivity index (χ0v) is 11.5. The van der Waals surface area contributed by atoms with E-state index in [1.54, 1.807) is 0 Å². The van der Waals surface area contributed by atoms with Crippen LogP contribution < -0.4 is 10.6 Å². The normalized spacial score (nSPS) is 19.0. The minimum atomic E-state index is -1.27. The second kappa shape index (κ2) is 5.26. The summed E-state index contributed by atoms with van der Waals surface area (Å²) < 4.78 is 13.5. The third kappa shape index (κ3) is 2.62. The molecule has 1 heterocycles. The molecule has 0 aliphatic carbocycles. The second-order valence-electron chi connectivity index (χ2n) is 4.40. The van der Waals surface area contributed by atoms with Gasteiger partial charge in [-0.3, -0.25) is 4.79 Å². The third-order valence-electron chi connectivity index (χ3n) is 3.10. The first kappa shape index (κ1) is 14.0. The van der Waals surface area contributed by atoms with Crippen LogP contribution >= 0.6 is 15.9 Å². The van der Waals surface area contributed by atoms with Gasteiger partial charge in [0.15, 0.2) is 0 Å². The summed E-state index contributed by atoms with van der Waals surface area (Å²) in [5.74, 6) is -2.15. The minimum absolute atomic E-state index is 0.00188. The molecule has 1 amide bonds. The fourth-order valence-electron chi connectivity index (χ4n) is 2.10. The molecule has 1 aromatic carbocycles. The Morgan fingerprint density at radius 1 is 1.58 bits per heavy atom. The monoisotopic (exact) mass is 330 g/mol. The molecule has 1 aliphatic heterocycles. The molecule has 5 nitrogen and oxygen atoms in total. The molecular weight excluding hydrogens is 319 g/mol. The van der Waals surface area contributed by atoms with Crippen molar-refractivity contribution in [3.05, 3.63) is 28.0 Å². The highest BCUT2D eigenvalue weighted by Gasteiger charge is 2.32. The zero-order valence-electron chi connectivity index (χ0n) is 9.90. The van der Waals surface area contributed by atoms with E-state index < -0.39 is 11.8 Å². The van der Waals surface area contributed by atoms with Gasteiger partial charge in [0.2, 0.25) is 5.91 Å². The zero-order chi connectivity index (χ0) is 14.2. The summed E-state index contributed by atoms with van der Waals surface area (Å²) in [7, 11) is 0. The summed E-state index contributed by atoms with van der Waals surface area (Å²) in [6.07, 6.45) is 0.282. The second-order valence-corrected chi connectivity index (χ2v) is 5.25. The van der Waals surface area contributed by atoms with Crippen molar-refractivity contribution in [3.8, 4) is 0 Å². The van der Waals surface area contributed by atoms with E-state index in [4.69, 9.17) is 10.8 Å². The third-order valence-corrected chi connectivity index (χ3v) is 3.71. The molecule has 102 valence electrons. The number of hydrogen-bond donors (Lipinski definition) is 2. The molecule has 1 aromatic rings. The van der Waals surface area contributed by atoms with Gasteiger partial charge >= 0.3 is 5.97 Å². The lowest BCUT2D eigenvalue weighted by Gasteiger charge is -2.19. The number of aromatic carboxylic acids is 1. The highest BCUT2D eigenvalue weighted by molar-refractivity contribution is 9.10. The summed E-state index contributed by atoms with van der Waals surface area (Å²) in [5.41, 5.74) is 5.49. The number of hydrogen-bond acceptors (Lipinski definition) is 3. The van der Waals surface area contributed by atoms with E-state index in [-0.39, 0.29) is 34.0 Å². The summed E-state index contributed by atoms with van der Waals surface area (Å²) in [4.78, 5) is 24.4. The van der Waals surface area contributed by atoms with Crippen LogP contribution in [0, 0.1) is 11.7 Å². The van der Waals surface area contributed by atoms with Crippen LogP contribution in [0.4, 0.5) is 10.1 Å². The van der Waals surface area contributed by atoms with E-state index in [9.17, 15) is 14.0 Å². The molecule has 7 heteroatoms. The Labute approximate surface area is 117 Å². The molecule has 0 bridgehead atoms. The van der Waals surface area contributed by atoms with Crippen LogP contribution in [0.15, 0.2) is 16.6 Å². The van der Waals surface area contributed by atoms with Crippen LogP contribution in [0.3, 0.4) is 0 Å². The Morgan fingerprint density at radius 3 is 2.79 bits per heavy atom. The lowest BCUT2D eigenvalue weighted by molar-refractivity contribution is -0.117. The van der Waals surface area contributed by atoms with Crippen molar-refractivity contribution >= 4 is 33.5 Å². The number of carbonyl (C=O) groups excluding carboxylic acids is 1. The first-order valence-corrected chi connectivity index (χ1v) is 6.46. The van der Waals surface area contributed by atoms with Gasteiger partial charge in [0, 0.05) is 13.0 Å². The number of nitrogens with zero attached hydrogens (tertiary/aromatic N) is 1. The van der Waals surface area contributed by atoms with Crippen molar-refractivity contribution in [1.82, 2.24) is 0 Å². The highest BCUT2D eigenvalue weighted by Crippen LogP contribution is 2.32. The Morgan fingerprint density at radius 2 is 2.26 bits per heavy atom. The number of amides is 1. The molecule has 1 aliphatic rings. The van der Waals surface area contributed by atoms with Crippen LogP contribution in [-0.2, 0) is 4.79 Å². The predicted octanol–water partition coefficient (Wildman–Crippen LogP) is 1.60. The van der Waals surface area contributed by atoms with Gasteiger partial charge in [-0.2, -0.15) is 0 Å². The highest BCUT2D eigenvalue weighted by atomic mass is 79.9. The van der Waals surface area contributed by atoms with Gasteiger partial charge in [0.25, 0.3) is 0 Å². The number of anilines is 1. The molecule has 1 atom stereocenters. The smallest absolute Gasteiger partial charge is 0.337 e. The molecule has 1 unspecified atom stereocenters. The largest absolute Gasteiger partial charge is 0.478 e. The predicted molar refractivity (Wildman–Crippen MR) is 70.6 cm³/mol. The van der Waals surface area contributed by atoms with E-state index in [2.05, 4.69) is 15.9 Å². The molecule has 3 N–H and O–H groups in total. The van der Waals surface area contributed by atoms with Crippen molar-refractivity contribution in [2.24, 2.45) is 11.7 Å². The average Bonchev–Trinajstić information content (AvgIpc) is 2.73. The SMILES string of the molecule is NCC1CC(=O)N(c2cc(Br)c(F)cc2C(=O)O)C1. The molecule has 0 radical (unpaired) electrons. The first-order chi connectivity index (χ1) is 8.93. The number of nitrogens with two attached hydrogens (primary N) is 1. The van der Waals surface area contributed by atoms with Gasteiger partial charge in [0.1, 0.15) is 5.82 Å². The van der Waals surface area contributed by atoms with Crippen molar-refractivity contribution in [2.45, 2.75) is 6.42 Å². The maximum absolute atomic E-state index is 13.4. The Hall–Kier alpha value is -1.47. The average molecular weight is 331 g/mol. The molecule has 19 heavy (non-hydrogen) atoms. The van der Waals surface area contributed by atoms with E-state index in [0.717, 1.165) is 6.07 Å². The molecule has 0 spiro atoms. The summed E-state index contributed by atoms with van der Waals surface area (Å²) in [6, 6.07) is 2.22. The van der Waals surface area contributed by atoms with Crippen LogP contribution in [0.25, 0.3) is 0 Å². The standard InChI is InChI=1S/C12H12BrFN2O3/c13-8-3-10(7(12(18)19)2-9(8)14)16-5-6(4-15)1-11(16)17/h2-3,6H,1,4-5,15H2,(H,18,19). The number of rotatable bonds is 3. The summed E-state index contributed by atoms with van der Waals surface area (Å²) >= 11 is 3.00. The van der Waals surface area contributed by atoms with Crippen molar-refractivity contribution in [2.75, 3.05) is 18.0 Å². The van der Waals surface area contributed by atoms with Crippen LogP contribution in [0.1, 0.15) is 16.8 Å². The van der Waals surface area contributed by atoms with Gasteiger partial charge in [-0.1, -0.05) is 0 Å². The van der Waals surface area contributed by atoms with Crippen molar-refractivity contribution in [3.63, 3.8) is 0 Å². The molecule has 1 saturated heterocycles. The number of carbonyl (C=O) groups is 2. The molecule has 0 aromatic heterocycles. The molecule has 2 rings (SSSR count). The van der Waals surface area contributed by atoms with Gasteiger partial charge in [-0.25, -0.2) is 9.18 Å². The molecular formula is C12H12BrFN2O3. The van der Waals surface area contributed by atoms with Crippen LogP contribution in [0.2, 0.25) is 0 Å². The Balaban J connectivity index is 2.47.